The van der Waals surface area contributed by atoms with Crippen molar-refractivity contribution in [3.63, 3.8) is 0 Å². The topological polar surface area (TPSA) is 70.1 Å². The standard InChI is InChI=1S/C20H22ClN7/c21-17-4-2-16(3-5-17)6-10-22-18-7-11-25-20(26-18)28-14-12-27(13-15-28)19-23-8-1-9-24-19/h1-5,7-9,11H,6,10,12-15H2,(H,22,25,26). The number of nitrogens with zero attached hydrogens (tertiary/aromatic N) is 6. The van der Waals surface area contributed by atoms with Gasteiger partial charge in [-0.25, -0.2) is 15.0 Å². The predicted molar refractivity (Wildman–Crippen MR) is 112 cm³/mol. The molecule has 3 aromatic rings. The Hall–Kier alpha value is -2.93. The fourth-order valence-electron chi connectivity index (χ4n) is 3.15. The Morgan fingerprint density at radius 2 is 1.46 bits per heavy atom. The second-order valence-corrected chi connectivity index (χ2v) is 7.00. The van der Waals surface area contributed by atoms with Crippen LogP contribution in [0.15, 0.2) is 55.0 Å². The molecule has 1 aromatic carbocycles. The molecule has 0 spiro atoms. The monoisotopic (exact) mass is 395 g/mol. The number of piperazine rings is 1. The molecule has 1 aliphatic rings. The molecule has 7 nitrogen and oxygen atoms in total. The molecule has 2 aromatic heterocycles. The Labute approximate surface area is 169 Å². The van der Waals surface area contributed by atoms with Gasteiger partial charge in [-0.05, 0) is 36.2 Å². The van der Waals surface area contributed by atoms with Crippen LogP contribution >= 0.6 is 11.6 Å². The first kappa shape index (κ1) is 18.4. The van der Waals surface area contributed by atoms with Crippen LogP contribution in [0.25, 0.3) is 0 Å². The zero-order valence-corrected chi connectivity index (χ0v) is 16.3. The lowest BCUT2D eigenvalue weighted by atomic mass is 10.1. The van der Waals surface area contributed by atoms with E-state index in [0.29, 0.717) is 0 Å². The zero-order valence-electron chi connectivity index (χ0n) is 15.5. The van der Waals surface area contributed by atoms with E-state index in [0.717, 1.165) is 61.9 Å². The summed E-state index contributed by atoms with van der Waals surface area (Å²) < 4.78 is 0. The summed E-state index contributed by atoms with van der Waals surface area (Å²) in [6.45, 7) is 4.18. The number of benzene rings is 1. The minimum atomic E-state index is 0.755. The van der Waals surface area contributed by atoms with E-state index in [2.05, 4.69) is 35.1 Å². The molecule has 1 fully saturated rings. The van der Waals surface area contributed by atoms with Gasteiger partial charge in [0.1, 0.15) is 5.82 Å². The second kappa shape index (κ2) is 8.84. The molecule has 28 heavy (non-hydrogen) atoms. The third kappa shape index (κ3) is 4.67. The molecule has 144 valence electrons. The smallest absolute Gasteiger partial charge is 0.227 e. The van der Waals surface area contributed by atoms with Crippen molar-refractivity contribution in [1.29, 1.82) is 0 Å². The lowest BCUT2D eigenvalue weighted by Crippen LogP contribution is -2.47. The molecule has 0 amide bonds. The van der Waals surface area contributed by atoms with Crippen molar-refractivity contribution in [2.45, 2.75) is 6.42 Å². The number of halogens is 1. The Bertz CT molecular complexity index is 881. The third-order valence-electron chi connectivity index (χ3n) is 4.67. The van der Waals surface area contributed by atoms with E-state index in [1.54, 1.807) is 18.6 Å². The largest absolute Gasteiger partial charge is 0.370 e. The summed E-state index contributed by atoms with van der Waals surface area (Å²) in [5.74, 6) is 2.37. The van der Waals surface area contributed by atoms with Gasteiger partial charge in [0.25, 0.3) is 0 Å². The maximum Gasteiger partial charge on any atom is 0.227 e. The summed E-state index contributed by atoms with van der Waals surface area (Å²) >= 11 is 5.93. The fourth-order valence-corrected chi connectivity index (χ4v) is 3.27. The van der Waals surface area contributed by atoms with Crippen molar-refractivity contribution in [1.82, 2.24) is 19.9 Å². The molecule has 0 saturated carbocycles. The first-order valence-corrected chi connectivity index (χ1v) is 9.74. The van der Waals surface area contributed by atoms with Crippen molar-refractivity contribution >= 4 is 29.3 Å². The van der Waals surface area contributed by atoms with E-state index in [-0.39, 0.29) is 0 Å². The third-order valence-corrected chi connectivity index (χ3v) is 4.93. The van der Waals surface area contributed by atoms with Gasteiger partial charge in [-0.1, -0.05) is 23.7 Å². The molecule has 0 bridgehead atoms. The number of rotatable bonds is 6. The molecule has 1 N–H and O–H groups in total. The van der Waals surface area contributed by atoms with E-state index in [1.165, 1.54) is 5.56 Å². The SMILES string of the molecule is Clc1ccc(CCNc2ccnc(N3CCN(c4ncccn4)CC3)n2)cc1. The number of anilines is 3. The van der Waals surface area contributed by atoms with E-state index >= 15 is 0 Å². The Kier molecular flexibility index (Phi) is 5.82. The second-order valence-electron chi connectivity index (χ2n) is 6.57. The molecule has 0 atom stereocenters. The van der Waals surface area contributed by atoms with Crippen LogP contribution in [0.3, 0.4) is 0 Å². The van der Waals surface area contributed by atoms with E-state index in [9.17, 15) is 0 Å². The van der Waals surface area contributed by atoms with Gasteiger partial charge in [-0.3, -0.25) is 0 Å². The van der Waals surface area contributed by atoms with Gasteiger partial charge in [0.2, 0.25) is 11.9 Å². The van der Waals surface area contributed by atoms with Gasteiger partial charge in [0.05, 0.1) is 0 Å². The van der Waals surface area contributed by atoms with Crippen LogP contribution in [-0.2, 0) is 6.42 Å². The summed E-state index contributed by atoms with van der Waals surface area (Å²) in [6.07, 6.45) is 6.26. The molecule has 1 saturated heterocycles. The first-order valence-electron chi connectivity index (χ1n) is 9.36. The van der Waals surface area contributed by atoms with Gasteiger partial charge in [-0.2, -0.15) is 4.98 Å². The van der Waals surface area contributed by atoms with E-state index < -0.39 is 0 Å². The molecular formula is C20H22ClN7. The molecule has 4 rings (SSSR count). The highest BCUT2D eigenvalue weighted by Gasteiger charge is 2.20. The number of hydrogen-bond donors (Lipinski definition) is 1. The van der Waals surface area contributed by atoms with Crippen molar-refractivity contribution in [3.8, 4) is 0 Å². The zero-order chi connectivity index (χ0) is 19.2. The fraction of sp³-hybridized carbons (Fsp3) is 0.300. The average Bonchev–Trinajstić information content (AvgIpc) is 2.76. The van der Waals surface area contributed by atoms with Crippen molar-refractivity contribution in [2.75, 3.05) is 47.8 Å². The minimum Gasteiger partial charge on any atom is -0.370 e. The number of hydrogen-bond acceptors (Lipinski definition) is 7. The minimum absolute atomic E-state index is 0.755. The van der Waals surface area contributed by atoms with Gasteiger partial charge in [-0.15, -0.1) is 0 Å². The van der Waals surface area contributed by atoms with Gasteiger partial charge in [0.15, 0.2) is 0 Å². The molecule has 8 heteroatoms. The molecule has 1 aliphatic heterocycles. The Balaban J connectivity index is 1.31. The lowest BCUT2D eigenvalue weighted by Gasteiger charge is -2.34. The molecule has 3 heterocycles. The van der Waals surface area contributed by atoms with Gasteiger partial charge >= 0.3 is 0 Å². The molecule has 0 unspecified atom stereocenters. The van der Waals surface area contributed by atoms with Gasteiger partial charge in [0, 0.05) is 56.3 Å². The van der Waals surface area contributed by atoms with Crippen LogP contribution in [0.4, 0.5) is 17.7 Å². The summed E-state index contributed by atoms with van der Waals surface area (Å²) in [5.41, 5.74) is 1.24. The molecule has 0 aliphatic carbocycles. The summed E-state index contributed by atoms with van der Waals surface area (Å²) in [4.78, 5) is 22.2. The highest BCUT2D eigenvalue weighted by Crippen LogP contribution is 2.16. The van der Waals surface area contributed by atoms with Crippen molar-refractivity contribution in [2.24, 2.45) is 0 Å². The van der Waals surface area contributed by atoms with Crippen molar-refractivity contribution in [3.05, 3.63) is 65.6 Å². The molecule has 0 radical (unpaired) electrons. The van der Waals surface area contributed by atoms with Gasteiger partial charge < -0.3 is 15.1 Å². The van der Waals surface area contributed by atoms with E-state index in [4.69, 9.17) is 11.6 Å². The summed E-state index contributed by atoms with van der Waals surface area (Å²) in [5, 5.41) is 4.14. The maximum atomic E-state index is 5.93. The maximum absolute atomic E-state index is 5.93. The van der Waals surface area contributed by atoms with Crippen LogP contribution < -0.4 is 15.1 Å². The van der Waals surface area contributed by atoms with Crippen LogP contribution in [-0.4, -0.2) is 52.7 Å². The van der Waals surface area contributed by atoms with Crippen LogP contribution in [0, 0.1) is 0 Å². The number of nitrogens with one attached hydrogen (secondary N) is 1. The number of aromatic nitrogens is 4. The first-order chi connectivity index (χ1) is 13.8. The Morgan fingerprint density at radius 1 is 0.821 bits per heavy atom. The Morgan fingerprint density at radius 3 is 2.18 bits per heavy atom. The van der Waals surface area contributed by atoms with E-state index in [1.807, 2.05) is 36.4 Å². The molecular weight excluding hydrogens is 374 g/mol. The highest BCUT2D eigenvalue weighted by molar-refractivity contribution is 6.30. The summed E-state index contributed by atoms with van der Waals surface area (Å²) in [6, 6.07) is 11.7. The average molecular weight is 396 g/mol. The van der Waals surface area contributed by atoms with Crippen LogP contribution in [0.1, 0.15) is 5.56 Å². The normalized spacial score (nSPS) is 14.2. The summed E-state index contributed by atoms with van der Waals surface area (Å²) in [7, 11) is 0. The quantitative estimate of drug-likeness (QED) is 0.688. The predicted octanol–water partition coefficient (Wildman–Crippen LogP) is 2.90. The van der Waals surface area contributed by atoms with Crippen LogP contribution in [0.5, 0.6) is 0 Å². The van der Waals surface area contributed by atoms with Crippen molar-refractivity contribution < 1.29 is 0 Å². The van der Waals surface area contributed by atoms with Crippen LogP contribution in [0.2, 0.25) is 5.02 Å². The lowest BCUT2D eigenvalue weighted by molar-refractivity contribution is 0.628. The highest BCUT2D eigenvalue weighted by atomic mass is 35.5.